The van der Waals surface area contributed by atoms with Crippen molar-refractivity contribution in [2.24, 2.45) is 0 Å². The van der Waals surface area contributed by atoms with Gasteiger partial charge in [0.15, 0.2) is 0 Å². The average molecular weight is 320 g/mol. The second-order valence-corrected chi connectivity index (χ2v) is 5.18. The number of benzene rings is 2. The number of anilines is 1. The van der Waals surface area contributed by atoms with E-state index < -0.39 is 0 Å². The first kappa shape index (κ1) is 13.9. The van der Waals surface area contributed by atoms with Gasteiger partial charge in [0.2, 0.25) is 0 Å². The van der Waals surface area contributed by atoms with Gasteiger partial charge in [0, 0.05) is 11.1 Å². The van der Waals surface area contributed by atoms with Gasteiger partial charge in [0.25, 0.3) is 0 Å². The predicted molar refractivity (Wildman–Crippen MR) is 86.0 cm³/mol. The summed E-state index contributed by atoms with van der Waals surface area (Å²) in [5.74, 6) is 0.974. The molecule has 0 saturated heterocycles. The second-order valence-electron chi connectivity index (χ2n) is 4.40. The monoisotopic (exact) mass is 319 g/mol. The Bertz CT molecular complexity index is 837. The maximum atomic E-state index is 6.30. The molecule has 3 aromatic rings. The number of ether oxygens (including phenoxy) is 1. The quantitative estimate of drug-likeness (QED) is 0.769. The standard InChI is InChI=1S/C15H11Cl2N3O/c1-21-11-6-5-9(8-3-2-4-10(16)13(8)17)14-12(11)15(18)20-7-19-14/h2-7H,1H3,(H2,18,19,20). The molecule has 2 aromatic carbocycles. The van der Waals surface area contributed by atoms with Crippen LogP contribution in [0.3, 0.4) is 0 Å². The third-order valence-electron chi connectivity index (χ3n) is 3.24. The zero-order valence-electron chi connectivity index (χ0n) is 11.1. The van der Waals surface area contributed by atoms with Crippen LogP contribution in [0.25, 0.3) is 22.0 Å². The van der Waals surface area contributed by atoms with Crippen LogP contribution < -0.4 is 10.5 Å². The Balaban J connectivity index is 2.40. The van der Waals surface area contributed by atoms with Gasteiger partial charge < -0.3 is 10.5 Å². The van der Waals surface area contributed by atoms with E-state index in [9.17, 15) is 0 Å². The molecule has 4 nitrogen and oxygen atoms in total. The summed E-state index contributed by atoms with van der Waals surface area (Å²) in [5.41, 5.74) is 8.24. The summed E-state index contributed by atoms with van der Waals surface area (Å²) in [6, 6.07) is 9.15. The fraction of sp³-hybridized carbons (Fsp3) is 0.0667. The molecule has 0 bridgehead atoms. The maximum absolute atomic E-state index is 6.30. The minimum Gasteiger partial charge on any atom is -0.496 e. The molecule has 6 heteroatoms. The first-order valence-electron chi connectivity index (χ1n) is 6.15. The molecule has 2 N–H and O–H groups in total. The van der Waals surface area contributed by atoms with E-state index in [0.717, 1.165) is 11.1 Å². The van der Waals surface area contributed by atoms with E-state index in [4.69, 9.17) is 33.7 Å². The summed E-state index contributed by atoms with van der Waals surface area (Å²) in [5, 5.41) is 1.62. The number of nitrogens with two attached hydrogens (primary N) is 1. The lowest BCUT2D eigenvalue weighted by Gasteiger charge is -2.12. The molecular weight excluding hydrogens is 309 g/mol. The smallest absolute Gasteiger partial charge is 0.138 e. The molecule has 0 aliphatic rings. The van der Waals surface area contributed by atoms with Crippen molar-refractivity contribution in [3.8, 4) is 16.9 Å². The predicted octanol–water partition coefficient (Wildman–Crippen LogP) is 4.19. The van der Waals surface area contributed by atoms with Gasteiger partial charge in [0.05, 0.1) is 28.1 Å². The van der Waals surface area contributed by atoms with Crippen molar-refractivity contribution in [1.29, 1.82) is 0 Å². The first-order chi connectivity index (χ1) is 10.1. The van der Waals surface area contributed by atoms with Crippen LogP contribution in [0.15, 0.2) is 36.7 Å². The van der Waals surface area contributed by atoms with Gasteiger partial charge in [-0.25, -0.2) is 9.97 Å². The van der Waals surface area contributed by atoms with Gasteiger partial charge >= 0.3 is 0 Å². The highest BCUT2D eigenvalue weighted by Gasteiger charge is 2.15. The fourth-order valence-corrected chi connectivity index (χ4v) is 2.67. The SMILES string of the molecule is COc1ccc(-c2cccc(Cl)c2Cl)c2ncnc(N)c12. The highest BCUT2D eigenvalue weighted by atomic mass is 35.5. The molecular formula is C15H11Cl2N3O. The summed E-state index contributed by atoms with van der Waals surface area (Å²) < 4.78 is 5.33. The van der Waals surface area contributed by atoms with E-state index in [1.165, 1.54) is 6.33 Å². The highest BCUT2D eigenvalue weighted by molar-refractivity contribution is 6.44. The molecule has 1 heterocycles. The maximum Gasteiger partial charge on any atom is 0.138 e. The molecule has 0 saturated carbocycles. The van der Waals surface area contributed by atoms with Gasteiger partial charge in [-0.1, -0.05) is 35.3 Å². The Morgan fingerprint density at radius 3 is 2.62 bits per heavy atom. The molecule has 106 valence electrons. The average Bonchev–Trinajstić information content (AvgIpc) is 2.49. The fourth-order valence-electron chi connectivity index (χ4n) is 2.27. The van der Waals surface area contributed by atoms with E-state index in [1.54, 1.807) is 13.2 Å². The molecule has 0 aliphatic heterocycles. The van der Waals surface area contributed by atoms with Gasteiger partial charge in [-0.2, -0.15) is 0 Å². The normalized spacial score (nSPS) is 10.8. The van der Waals surface area contributed by atoms with Crippen LogP contribution in [-0.2, 0) is 0 Å². The Labute approximate surface area is 131 Å². The van der Waals surface area contributed by atoms with E-state index in [-0.39, 0.29) is 0 Å². The van der Waals surface area contributed by atoms with Crippen molar-refractivity contribution in [3.63, 3.8) is 0 Å². The van der Waals surface area contributed by atoms with E-state index >= 15 is 0 Å². The molecule has 0 aliphatic carbocycles. The molecule has 0 unspecified atom stereocenters. The molecule has 0 radical (unpaired) electrons. The topological polar surface area (TPSA) is 61.0 Å². The minimum absolute atomic E-state index is 0.358. The van der Waals surface area contributed by atoms with Crippen molar-refractivity contribution in [2.45, 2.75) is 0 Å². The highest BCUT2D eigenvalue weighted by Crippen LogP contribution is 2.39. The van der Waals surface area contributed by atoms with Gasteiger partial charge in [-0.05, 0) is 18.2 Å². The summed E-state index contributed by atoms with van der Waals surface area (Å²) >= 11 is 12.4. The molecule has 0 spiro atoms. The summed E-state index contributed by atoms with van der Waals surface area (Å²) in [4.78, 5) is 8.34. The lowest BCUT2D eigenvalue weighted by molar-refractivity contribution is 0.420. The van der Waals surface area contributed by atoms with Gasteiger partial charge in [-0.15, -0.1) is 0 Å². The number of nitrogen functional groups attached to an aromatic ring is 1. The molecule has 3 rings (SSSR count). The largest absolute Gasteiger partial charge is 0.496 e. The number of nitrogens with zero attached hydrogens (tertiary/aromatic N) is 2. The number of methoxy groups -OCH3 is 1. The summed E-state index contributed by atoms with van der Waals surface area (Å²) in [7, 11) is 1.58. The van der Waals surface area contributed by atoms with E-state index in [1.807, 2.05) is 24.3 Å². The third kappa shape index (κ3) is 2.26. The number of hydrogen-bond acceptors (Lipinski definition) is 4. The number of fused-ring (bicyclic) bond motifs is 1. The van der Waals surface area contributed by atoms with Crippen molar-refractivity contribution < 1.29 is 4.74 Å². The lowest BCUT2D eigenvalue weighted by Crippen LogP contribution is -1.97. The summed E-state index contributed by atoms with van der Waals surface area (Å²) in [6.45, 7) is 0. The van der Waals surface area contributed by atoms with Crippen molar-refractivity contribution in [3.05, 3.63) is 46.7 Å². The van der Waals surface area contributed by atoms with Crippen LogP contribution in [-0.4, -0.2) is 17.1 Å². The molecule has 0 fully saturated rings. The van der Waals surface area contributed by atoms with Crippen molar-refractivity contribution in [2.75, 3.05) is 12.8 Å². The first-order valence-corrected chi connectivity index (χ1v) is 6.90. The second kappa shape index (κ2) is 5.39. The van der Waals surface area contributed by atoms with Crippen LogP contribution in [0.5, 0.6) is 5.75 Å². The van der Waals surface area contributed by atoms with Crippen LogP contribution in [0.4, 0.5) is 5.82 Å². The van der Waals surface area contributed by atoms with E-state index in [0.29, 0.717) is 32.5 Å². The van der Waals surface area contributed by atoms with Crippen LogP contribution in [0.2, 0.25) is 10.0 Å². The lowest BCUT2D eigenvalue weighted by atomic mass is 10.0. The molecule has 21 heavy (non-hydrogen) atoms. The van der Waals surface area contributed by atoms with Crippen molar-refractivity contribution in [1.82, 2.24) is 9.97 Å². The molecule has 1 aromatic heterocycles. The zero-order valence-corrected chi connectivity index (χ0v) is 12.6. The minimum atomic E-state index is 0.358. The van der Waals surface area contributed by atoms with Crippen molar-refractivity contribution >= 4 is 39.9 Å². The zero-order chi connectivity index (χ0) is 15.0. The Morgan fingerprint density at radius 1 is 1.05 bits per heavy atom. The van der Waals surface area contributed by atoms with Crippen LogP contribution >= 0.6 is 23.2 Å². The number of rotatable bonds is 2. The van der Waals surface area contributed by atoms with Crippen LogP contribution in [0, 0.1) is 0 Å². The number of aromatic nitrogens is 2. The number of hydrogen-bond donors (Lipinski definition) is 1. The number of halogens is 2. The Hall–Kier alpha value is -2.04. The molecule has 0 atom stereocenters. The Morgan fingerprint density at radius 2 is 1.86 bits per heavy atom. The molecule has 0 amide bonds. The summed E-state index contributed by atoms with van der Waals surface area (Å²) in [6.07, 6.45) is 1.42. The van der Waals surface area contributed by atoms with Gasteiger partial charge in [-0.3, -0.25) is 0 Å². The van der Waals surface area contributed by atoms with Crippen LogP contribution in [0.1, 0.15) is 0 Å². The third-order valence-corrected chi connectivity index (χ3v) is 4.06. The van der Waals surface area contributed by atoms with E-state index in [2.05, 4.69) is 9.97 Å². The Kier molecular flexibility index (Phi) is 3.57. The van der Waals surface area contributed by atoms with Gasteiger partial charge in [0.1, 0.15) is 17.9 Å².